The van der Waals surface area contributed by atoms with Gasteiger partial charge in [0.15, 0.2) is 0 Å². The topological polar surface area (TPSA) is 45.2 Å². The van der Waals surface area contributed by atoms with Crippen molar-refractivity contribution in [3.8, 4) is 0 Å². The molecular formula is C15H21N3O. The van der Waals surface area contributed by atoms with Crippen molar-refractivity contribution in [2.24, 2.45) is 0 Å². The molecule has 0 radical (unpaired) electrons. The smallest absolute Gasteiger partial charge is 0.240 e. The van der Waals surface area contributed by atoms with Crippen molar-refractivity contribution in [2.75, 3.05) is 6.54 Å². The Bertz CT molecular complexity index is 444. The van der Waals surface area contributed by atoms with Gasteiger partial charge in [-0.3, -0.25) is 9.78 Å². The summed E-state index contributed by atoms with van der Waals surface area (Å²) < 4.78 is 0. The predicted molar refractivity (Wildman–Crippen MR) is 73.5 cm³/mol. The Balaban J connectivity index is 1.70. The molecule has 2 atom stereocenters. The van der Waals surface area contributed by atoms with Crippen molar-refractivity contribution in [1.82, 2.24) is 15.2 Å². The number of nitrogens with one attached hydrogen (secondary N) is 1. The van der Waals surface area contributed by atoms with E-state index in [-0.39, 0.29) is 18.0 Å². The number of likely N-dealkylation sites (tertiary alicyclic amines) is 1. The van der Waals surface area contributed by atoms with Gasteiger partial charge in [0.25, 0.3) is 0 Å². The molecule has 1 amide bonds. The first-order valence-corrected chi connectivity index (χ1v) is 7.23. The summed E-state index contributed by atoms with van der Waals surface area (Å²) in [6.07, 6.45) is 6.29. The quantitative estimate of drug-likeness (QED) is 0.898. The van der Waals surface area contributed by atoms with Gasteiger partial charge in [-0.15, -0.1) is 0 Å². The van der Waals surface area contributed by atoms with Crippen molar-refractivity contribution in [2.45, 2.75) is 50.7 Å². The highest BCUT2D eigenvalue weighted by atomic mass is 16.2. The summed E-state index contributed by atoms with van der Waals surface area (Å²) in [4.78, 5) is 18.9. The third-order valence-corrected chi connectivity index (χ3v) is 4.07. The molecule has 1 saturated carbocycles. The van der Waals surface area contributed by atoms with E-state index in [1.165, 1.54) is 12.8 Å². The predicted octanol–water partition coefficient (Wildman–Crippen LogP) is 1.89. The molecular weight excluding hydrogens is 238 g/mol. The largest absolute Gasteiger partial charge is 0.333 e. The summed E-state index contributed by atoms with van der Waals surface area (Å²) in [7, 11) is 0. The number of aromatic nitrogens is 1. The molecule has 0 bridgehead atoms. The fourth-order valence-electron chi connectivity index (χ4n) is 2.76. The van der Waals surface area contributed by atoms with E-state index in [2.05, 4.69) is 17.2 Å². The zero-order valence-electron chi connectivity index (χ0n) is 11.4. The molecule has 1 aliphatic heterocycles. The molecule has 0 spiro atoms. The van der Waals surface area contributed by atoms with Crippen LogP contribution in [0.4, 0.5) is 0 Å². The van der Waals surface area contributed by atoms with Crippen LogP contribution in [0.5, 0.6) is 0 Å². The van der Waals surface area contributed by atoms with E-state index in [4.69, 9.17) is 0 Å². The summed E-state index contributed by atoms with van der Waals surface area (Å²) in [5, 5.41) is 3.47. The molecule has 3 rings (SSSR count). The lowest BCUT2D eigenvalue weighted by molar-refractivity contribution is -0.138. The number of carbonyl (C=O) groups excluding carboxylic acids is 1. The van der Waals surface area contributed by atoms with Crippen LogP contribution in [0.1, 0.15) is 44.3 Å². The van der Waals surface area contributed by atoms with Crippen molar-refractivity contribution in [3.63, 3.8) is 0 Å². The molecule has 2 unspecified atom stereocenters. The first-order valence-electron chi connectivity index (χ1n) is 7.23. The fourth-order valence-corrected chi connectivity index (χ4v) is 2.76. The van der Waals surface area contributed by atoms with Crippen LogP contribution in [0.15, 0.2) is 24.4 Å². The van der Waals surface area contributed by atoms with Crippen molar-refractivity contribution in [1.29, 1.82) is 0 Å². The van der Waals surface area contributed by atoms with Gasteiger partial charge in [0.1, 0.15) is 0 Å². The Morgan fingerprint density at radius 2 is 2.21 bits per heavy atom. The third kappa shape index (κ3) is 2.78. The Kier molecular flexibility index (Phi) is 3.51. The standard InChI is InChI=1S/C15H21N3O/c1-11(13-5-2-3-9-16-13)18-10-4-6-14(15(18)19)17-12-7-8-12/h2-3,5,9,11-12,14,17H,4,6-8,10H2,1H3. The van der Waals surface area contributed by atoms with E-state index < -0.39 is 0 Å². The van der Waals surface area contributed by atoms with Crippen molar-refractivity contribution in [3.05, 3.63) is 30.1 Å². The molecule has 4 heteroatoms. The lowest BCUT2D eigenvalue weighted by atomic mass is 10.0. The number of piperidine rings is 1. The average molecular weight is 259 g/mol. The fraction of sp³-hybridized carbons (Fsp3) is 0.600. The summed E-state index contributed by atoms with van der Waals surface area (Å²) in [6, 6.07) is 6.55. The lowest BCUT2D eigenvalue weighted by Crippen LogP contribution is -2.52. The second-order valence-corrected chi connectivity index (χ2v) is 5.60. The van der Waals surface area contributed by atoms with Crippen molar-refractivity contribution >= 4 is 5.91 Å². The Morgan fingerprint density at radius 1 is 1.37 bits per heavy atom. The van der Waals surface area contributed by atoms with Crippen molar-refractivity contribution < 1.29 is 4.79 Å². The molecule has 2 aliphatic rings. The van der Waals surface area contributed by atoms with Gasteiger partial charge in [-0.2, -0.15) is 0 Å². The van der Waals surface area contributed by atoms with Gasteiger partial charge in [0.05, 0.1) is 17.8 Å². The number of hydrogen-bond acceptors (Lipinski definition) is 3. The molecule has 1 saturated heterocycles. The van der Waals surface area contributed by atoms with Crippen LogP contribution in [-0.2, 0) is 4.79 Å². The van der Waals surface area contributed by atoms with Gasteiger partial charge in [0, 0.05) is 18.8 Å². The Morgan fingerprint density at radius 3 is 2.89 bits per heavy atom. The molecule has 1 aliphatic carbocycles. The highest BCUT2D eigenvalue weighted by molar-refractivity contribution is 5.83. The summed E-state index contributed by atoms with van der Waals surface area (Å²) in [5.41, 5.74) is 0.975. The molecule has 1 aromatic rings. The third-order valence-electron chi connectivity index (χ3n) is 4.07. The highest BCUT2D eigenvalue weighted by Crippen LogP contribution is 2.26. The van der Waals surface area contributed by atoms with E-state index in [0.717, 1.165) is 25.1 Å². The maximum Gasteiger partial charge on any atom is 0.240 e. The Labute approximate surface area is 114 Å². The van der Waals surface area contributed by atoms with Gasteiger partial charge in [0.2, 0.25) is 5.91 Å². The molecule has 2 fully saturated rings. The van der Waals surface area contributed by atoms with Crippen LogP contribution in [0.25, 0.3) is 0 Å². The van der Waals surface area contributed by atoms with Gasteiger partial charge >= 0.3 is 0 Å². The number of pyridine rings is 1. The number of rotatable bonds is 4. The minimum absolute atomic E-state index is 0.0208. The van der Waals surface area contributed by atoms with Gasteiger partial charge in [-0.25, -0.2) is 0 Å². The zero-order chi connectivity index (χ0) is 13.2. The van der Waals surface area contributed by atoms with Crippen LogP contribution in [0, 0.1) is 0 Å². The van der Waals surface area contributed by atoms with E-state index >= 15 is 0 Å². The monoisotopic (exact) mass is 259 g/mol. The van der Waals surface area contributed by atoms with E-state index in [1.807, 2.05) is 23.1 Å². The second-order valence-electron chi connectivity index (χ2n) is 5.60. The molecule has 1 N–H and O–H groups in total. The van der Waals surface area contributed by atoms with Gasteiger partial charge < -0.3 is 10.2 Å². The van der Waals surface area contributed by atoms with Crippen LogP contribution in [0.3, 0.4) is 0 Å². The minimum Gasteiger partial charge on any atom is -0.333 e. The molecule has 102 valence electrons. The maximum absolute atomic E-state index is 12.5. The van der Waals surface area contributed by atoms with E-state index in [0.29, 0.717) is 6.04 Å². The maximum atomic E-state index is 12.5. The summed E-state index contributed by atoms with van der Waals surface area (Å²) >= 11 is 0. The summed E-state index contributed by atoms with van der Waals surface area (Å²) in [5.74, 6) is 0.247. The number of nitrogens with zero attached hydrogens (tertiary/aromatic N) is 2. The molecule has 0 aromatic carbocycles. The molecule has 19 heavy (non-hydrogen) atoms. The number of carbonyl (C=O) groups is 1. The van der Waals surface area contributed by atoms with Crippen LogP contribution >= 0.6 is 0 Å². The van der Waals surface area contributed by atoms with Gasteiger partial charge in [-0.1, -0.05) is 6.07 Å². The first-order chi connectivity index (χ1) is 9.25. The van der Waals surface area contributed by atoms with Crippen LogP contribution in [-0.4, -0.2) is 34.4 Å². The normalized spacial score (nSPS) is 25.4. The number of amides is 1. The molecule has 1 aromatic heterocycles. The lowest BCUT2D eigenvalue weighted by Gasteiger charge is -2.36. The van der Waals surface area contributed by atoms with Gasteiger partial charge in [-0.05, 0) is 44.7 Å². The molecule has 4 nitrogen and oxygen atoms in total. The zero-order valence-corrected chi connectivity index (χ0v) is 11.4. The van der Waals surface area contributed by atoms with E-state index in [1.54, 1.807) is 6.20 Å². The van der Waals surface area contributed by atoms with E-state index in [9.17, 15) is 4.79 Å². The summed E-state index contributed by atoms with van der Waals surface area (Å²) in [6.45, 7) is 2.92. The first kappa shape index (κ1) is 12.6. The highest BCUT2D eigenvalue weighted by Gasteiger charge is 2.35. The minimum atomic E-state index is 0.0208. The van der Waals surface area contributed by atoms with Crippen LogP contribution in [0.2, 0.25) is 0 Å². The number of hydrogen-bond donors (Lipinski definition) is 1. The second kappa shape index (κ2) is 5.29. The SMILES string of the molecule is CC(c1ccccn1)N1CCCC(NC2CC2)C1=O. The van der Waals surface area contributed by atoms with Crippen LogP contribution < -0.4 is 5.32 Å². The average Bonchev–Trinajstić information content (AvgIpc) is 3.25. The molecule has 2 heterocycles. The Hall–Kier alpha value is -1.42.